The monoisotopic (exact) mass is 1330 g/mol. The first-order valence-corrected chi connectivity index (χ1v) is 40.9. The van der Waals surface area contributed by atoms with Gasteiger partial charge in [0.05, 0.1) is 32.0 Å². The largest absolute Gasteiger partial charge is 0.466 e. The van der Waals surface area contributed by atoms with Gasteiger partial charge in [0.25, 0.3) is 0 Å². The molecule has 1 aliphatic heterocycles. The Bertz CT molecular complexity index is 1700. The molecule has 6 N–H and O–H groups in total. The predicted octanol–water partition coefficient (Wildman–Crippen LogP) is 22.3. The van der Waals surface area contributed by atoms with Gasteiger partial charge >= 0.3 is 5.97 Å². The normalized spacial score (nSPS) is 17.6. The van der Waals surface area contributed by atoms with Crippen molar-refractivity contribution in [2.24, 2.45) is 0 Å². The number of aliphatic hydroxyl groups excluding tert-OH is 5. The average molecular weight is 1330 g/mol. The highest BCUT2D eigenvalue weighted by Crippen LogP contribution is 2.24. The Kier molecular flexibility index (Phi) is 68.5. The van der Waals surface area contributed by atoms with Gasteiger partial charge in [-0.2, -0.15) is 0 Å². The summed E-state index contributed by atoms with van der Waals surface area (Å²) in [5.41, 5.74) is 0. The summed E-state index contributed by atoms with van der Waals surface area (Å²) in [5.74, 6) is -0.170. The molecule has 0 aromatic rings. The fourth-order valence-electron chi connectivity index (χ4n) is 13.0. The Balaban J connectivity index is 1.88. The molecule has 1 amide bonds. The van der Waals surface area contributed by atoms with Crippen LogP contribution in [0.4, 0.5) is 0 Å². The van der Waals surface area contributed by atoms with E-state index in [1.54, 1.807) is 6.08 Å². The van der Waals surface area contributed by atoms with E-state index >= 15 is 0 Å². The number of allylic oxidation sites excluding steroid dienone is 7. The number of carbonyl (C=O) groups excluding carboxylic acids is 2. The first-order chi connectivity index (χ1) is 46.2. The molecule has 0 bridgehead atoms. The summed E-state index contributed by atoms with van der Waals surface area (Å²) in [6.45, 7) is 4.36. The maximum Gasteiger partial charge on any atom is 0.305 e. The van der Waals surface area contributed by atoms with Crippen LogP contribution in [0.25, 0.3) is 0 Å². The van der Waals surface area contributed by atoms with E-state index in [2.05, 4.69) is 55.6 Å². The maximum atomic E-state index is 13.1. The van der Waals surface area contributed by atoms with Gasteiger partial charge in [0.2, 0.25) is 5.91 Å². The first-order valence-electron chi connectivity index (χ1n) is 40.9. The van der Waals surface area contributed by atoms with Crippen molar-refractivity contribution in [2.45, 2.75) is 448 Å². The third-order valence-corrected chi connectivity index (χ3v) is 19.4. The SMILES string of the molecule is CCCCCCC/C=C/CC/C=C/C(O)C(COC1OC(CO)C(O)C(O)C1O)NC(=O)CCCCCCCCCCCCCCCCCCC/C=C\C/C=C\CCCCCCCCCCCCCCCCCOC(=O)CCCCCCCCCCCCCCCCCC. The average Bonchev–Trinajstić information content (AvgIpc) is 1.04. The minimum absolute atomic E-state index is 0.0185. The van der Waals surface area contributed by atoms with Gasteiger partial charge < -0.3 is 45.1 Å². The molecule has 0 spiro atoms. The number of amides is 1. The smallest absolute Gasteiger partial charge is 0.305 e. The van der Waals surface area contributed by atoms with Crippen LogP contribution in [0.3, 0.4) is 0 Å². The zero-order chi connectivity index (χ0) is 67.9. The summed E-state index contributed by atoms with van der Waals surface area (Å²) in [7, 11) is 0. The van der Waals surface area contributed by atoms with Gasteiger partial charge in [-0.25, -0.2) is 0 Å². The molecule has 0 saturated carbocycles. The van der Waals surface area contributed by atoms with Crippen molar-refractivity contribution in [1.29, 1.82) is 0 Å². The predicted molar refractivity (Wildman–Crippen MR) is 398 cm³/mol. The number of esters is 1. The van der Waals surface area contributed by atoms with E-state index in [-0.39, 0.29) is 18.5 Å². The second kappa shape index (κ2) is 71.9. The second-order valence-corrected chi connectivity index (χ2v) is 28.5. The van der Waals surface area contributed by atoms with Gasteiger partial charge in [0, 0.05) is 12.8 Å². The lowest BCUT2D eigenvalue weighted by Crippen LogP contribution is -2.60. The molecular weight excluding hydrogens is 1170 g/mol. The van der Waals surface area contributed by atoms with Crippen LogP contribution < -0.4 is 5.32 Å². The fraction of sp³-hybridized carbons (Fsp3) is 0.880. The molecule has 1 saturated heterocycles. The van der Waals surface area contributed by atoms with Crippen LogP contribution in [0, 0.1) is 0 Å². The van der Waals surface area contributed by atoms with Crippen LogP contribution in [-0.4, -0.2) is 100 Å². The molecule has 94 heavy (non-hydrogen) atoms. The van der Waals surface area contributed by atoms with Crippen molar-refractivity contribution in [3.05, 3.63) is 48.6 Å². The van der Waals surface area contributed by atoms with Crippen LogP contribution >= 0.6 is 0 Å². The number of ether oxygens (including phenoxy) is 3. The summed E-state index contributed by atoms with van der Waals surface area (Å²) < 4.78 is 16.8. The minimum atomic E-state index is -1.58. The van der Waals surface area contributed by atoms with E-state index in [9.17, 15) is 35.1 Å². The van der Waals surface area contributed by atoms with E-state index in [0.717, 1.165) is 57.8 Å². The molecule has 0 radical (unpaired) electrons. The highest BCUT2D eigenvalue weighted by molar-refractivity contribution is 5.76. The Labute approximate surface area is 580 Å². The van der Waals surface area contributed by atoms with Gasteiger partial charge in [0.15, 0.2) is 6.29 Å². The van der Waals surface area contributed by atoms with Gasteiger partial charge in [-0.15, -0.1) is 0 Å². The Morgan fingerprint density at radius 2 is 0.723 bits per heavy atom. The molecule has 1 heterocycles. The topological polar surface area (TPSA) is 175 Å². The molecule has 11 nitrogen and oxygen atoms in total. The van der Waals surface area contributed by atoms with E-state index in [4.69, 9.17) is 14.2 Å². The van der Waals surface area contributed by atoms with Crippen molar-refractivity contribution in [1.82, 2.24) is 5.32 Å². The summed E-state index contributed by atoms with van der Waals surface area (Å²) in [5, 5.41) is 54.4. The maximum absolute atomic E-state index is 13.1. The lowest BCUT2D eigenvalue weighted by Gasteiger charge is -2.40. The molecular formula is C83H155NO10. The Morgan fingerprint density at radius 3 is 1.12 bits per heavy atom. The molecule has 7 atom stereocenters. The Morgan fingerprint density at radius 1 is 0.394 bits per heavy atom. The van der Waals surface area contributed by atoms with Crippen LogP contribution in [-0.2, 0) is 23.8 Å². The summed E-state index contributed by atoms with van der Waals surface area (Å²) in [4.78, 5) is 25.2. The van der Waals surface area contributed by atoms with Crippen LogP contribution in [0.2, 0.25) is 0 Å². The molecule has 0 aromatic carbocycles. The van der Waals surface area contributed by atoms with Crippen molar-refractivity contribution in [2.75, 3.05) is 19.8 Å². The van der Waals surface area contributed by atoms with Crippen LogP contribution in [0.5, 0.6) is 0 Å². The standard InChI is InChI=1S/C83H155NO10/c1-3-5-7-9-11-13-15-16-17-44-47-51-55-59-63-67-71-79(88)92-72-68-64-60-56-52-48-45-42-40-38-36-34-32-30-28-26-24-22-20-18-19-21-23-25-27-29-31-33-35-37-39-41-43-46-50-54-58-62-66-70-78(87)84-75(74-93-83-82(91)81(90)80(89)77(73-85)94-83)76(86)69-65-61-57-53-49-14-12-10-8-6-4-2/h18-19,22,24,49,53,65,69,75-77,80-83,85-86,89-91H,3-17,20-21,23,25-48,50-52,54-64,66-68,70-74H2,1-2H3,(H,84,87)/b19-18-,24-22-,53-49+,69-65+. The van der Waals surface area contributed by atoms with Crippen molar-refractivity contribution < 1.29 is 49.3 Å². The zero-order valence-electron chi connectivity index (χ0n) is 61.7. The van der Waals surface area contributed by atoms with Crippen LogP contribution in [0.15, 0.2) is 48.6 Å². The lowest BCUT2D eigenvalue weighted by molar-refractivity contribution is -0.302. The van der Waals surface area contributed by atoms with E-state index in [1.165, 1.54) is 321 Å². The van der Waals surface area contributed by atoms with E-state index < -0.39 is 49.5 Å². The van der Waals surface area contributed by atoms with Crippen molar-refractivity contribution in [3.8, 4) is 0 Å². The molecule has 0 aromatic heterocycles. The van der Waals surface area contributed by atoms with E-state index in [0.29, 0.717) is 19.4 Å². The van der Waals surface area contributed by atoms with Crippen molar-refractivity contribution >= 4 is 11.9 Å². The molecule has 0 aliphatic carbocycles. The number of rotatable bonds is 73. The number of hydrogen-bond donors (Lipinski definition) is 6. The number of carbonyl (C=O) groups is 2. The first kappa shape index (κ1) is 89.6. The molecule has 1 rings (SSSR count). The van der Waals surface area contributed by atoms with Crippen molar-refractivity contribution in [3.63, 3.8) is 0 Å². The quantitative estimate of drug-likeness (QED) is 0.0195. The van der Waals surface area contributed by atoms with Gasteiger partial charge in [-0.3, -0.25) is 9.59 Å². The van der Waals surface area contributed by atoms with Gasteiger partial charge in [-0.05, 0) is 77.0 Å². The number of aliphatic hydroxyl groups is 5. The number of unbranched alkanes of at least 4 members (excludes halogenated alkanes) is 53. The molecule has 11 heteroatoms. The number of hydrogen-bond acceptors (Lipinski definition) is 10. The Hall–Kier alpha value is -2.38. The summed E-state index contributed by atoms with van der Waals surface area (Å²) in [6.07, 6.45) is 86.0. The minimum Gasteiger partial charge on any atom is -0.466 e. The molecule has 552 valence electrons. The molecule has 7 unspecified atom stereocenters. The van der Waals surface area contributed by atoms with Gasteiger partial charge in [-0.1, -0.05) is 364 Å². The highest BCUT2D eigenvalue weighted by atomic mass is 16.7. The summed E-state index contributed by atoms with van der Waals surface area (Å²) in [6, 6.07) is -0.825. The van der Waals surface area contributed by atoms with Crippen LogP contribution in [0.1, 0.15) is 406 Å². The third kappa shape index (κ3) is 59.7. The fourth-order valence-corrected chi connectivity index (χ4v) is 13.0. The summed E-state index contributed by atoms with van der Waals surface area (Å²) >= 11 is 0. The molecule has 1 fully saturated rings. The van der Waals surface area contributed by atoms with E-state index in [1.807, 2.05) is 6.08 Å². The number of nitrogens with one attached hydrogen (secondary N) is 1. The molecule has 1 aliphatic rings. The second-order valence-electron chi connectivity index (χ2n) is 28.5. The van der Waals surface area contributed by atoms with Gasteiger partial charge in [0.1, 0.15) is 24.4 Å². The lowest BCUT2D eigenvalue weighted by atomic mass is 9.99. The highest BCUT2D eigenvalue weighted by Gasteiger charge is 2.44. The zero-order valence-corrected chi connectivity index (χ0v) is 61.7. The third-order valence-electron chi connectivity index (χ3n) is 19.4.